The maximum atomic E-state index is 12.6. The monoisotopic (exact) mass is 446 g/mol. The van der Waals surface area contributed by atoms with E-state index in [-0.39, 0.29) is 11.4 Å². The van der Waals surface area contributed by atoms with E-state index >= 15 is 0 Å². The van der Waals surface area contributed by atoms with Gasteiger partial charge < -0.3 is 18.8 Å². The van der Waals surface area contributed by atoms with Gasteiger partial charge in [-0.05, 0) is 37.1 Å². The summed E-state index contributed by atoms with van der Waals surface area (Å²) in [5.41, 5.74) is 4.84. The lowest BCUT2D eigenvalue weighted by Crippen LogP contribution is -2.26. The Morgan fingerprint density at radius 2 is 1.81 bits per heavy atom. The Hall–Kier alpha value is -3.49. The minimum atomic E-state index is -4.43. The predicted molar refractivity (Wildman–Crippen MR) is 112 cm³/mol. The maximum absolute atomic E-state index is 12.6. The molecule has 0 N–H and O–H groups in total. The second kappa shape index (κ2) is 8.22. The summed E-state index contributed by atoms with van der Waals surface area (Å²) in [7, 11) is 3.06. The van der Waals surface area contributed by atoms with Crippen LogP contribution in [0, 0.1) is 6.92 Å². The molecule has 1 aliphatic rings. The quantitative estimate of drug-likeness (QED) is 0.582. The molecule has 0 bridgehead atoms. The molecular formula is C23H21F3N2O4. The summed E-state index contributed by atoms with van der Waals surface area (Å²) in [6.45, 7) is 1.03. The van der Waals surface area contributed by atoms with E-state index in [0.29, 0.717) is 30.0 Å². The average Bonchev–Trinajstić information content (AvgIpc) is 2.78. The zero-order valence-electron chi connectivity index (χ0n) is 17.7. The molecule has 0 unspecified atom stereocenters. The third-order valence-electron chi connectivity index (χ3n) is 5.45. The van der Waals surface area contributed by atoms with Crippen LogP contribution < -0.4 is 19.8 Å². The first-order valence-corrected chi connectivity index (χ1v) is 9.87. The summed E-state index contributed by atoms with van der Waals surface area (Å²) >= 11 is 0. The van der Waals surface area contributed by atoms with Gasteiger partial charge in [0.15, 0.2) is 6.61 Å². The molecule has 3 aromatic rings. The minimum absolute atomic E-state index is 0.112. The molecular weight excluding hydrogens is 425 g/mol. The lowest BCUT2D eigenvalue weighted by atomic mass is 9.90. The molecule has 6 nitrogen and oxygen atoms in total. The standard InChI is InChI=1S/C23H21F3N2O4/c1-13-18(30-2)10-21(29)28-7-6-14-8-16(19(31-3)9-17(14)22(13)28)15-4-5-20(27-11-15)32-12-23(24,25)26/h4-5,8-11H,6-7,12H2,1-3H3. The number of ether oxygens (including phenoxy) is 3. The van der Waals surface area contributed by atoms with Gasteiger partial charge >= 0.3 is 6.18 Å². The number of aryl methyl sites for hydroxylation is 1. The summed E-state index contributed by atoms with van der Waals surface area (Å²) in [6, 6.07) is 8.36. The molecule has 3 heterocycles. The second-order valence-electron chi connectivity index (χ2n) is 7.42. The minimum Gasteiger partial charge on any atom is -0.496 e. The Kier molecular flexibility index (Phi) is 5.58. The van der Waals surface area contributed by atoms with Gasteiger partial charge in [0.1, 0.15) is 11.5 Å². The first kappa shape index (κ1) is 21.7. The van der Waals surface area contributed by atoms with Gasteiger partial charge in [-0.15, -0.1) is 0 Å². The van der Waals surface area contributed by atoms with E-state index in [9.17, 15) is 18.0 Å². The number of nitrogens with zero attached hydrogens (tertiary/aromatic N) is 2. The van der Waals surface area contributed by atoms with Crippen LogP contribution in [0.5, 0.6) is 17.4 Å². The number of rotatable bonds is 5. The highest BCUT2D eigenvalue weighted by Gasteiger charge is 2.29. The largest absolute Gasteiger partial charge is 0.496 e. The lowest BCUT2D eigenvalue weighted by molar-refractivity contribution is -0.154. The van der Waals surface area contributed by atoms with E-state index in [1.54, 1.807) is 10.6 Å². The van der Waals surface area contributed by atoms with E-state index in [1.165, 1.54) is 32.5 Å². The number of halogens is 3. The van der Waals surface area contributed by atoms with Gasteiger partial charge in [0, 0.05) is 47.1 Å². The smallest absolute Gasteiger partial charge is 0.422 e. The van der Waals surface area contributed by atoms with Crippen molar-refractivity contribution in [1.82, 2.24) is 9.55 Å². The second-order valence-corrected chi connectivity index (χ2v) is 7.42. The summed E-state index contributed by atoms with van der Waals surface area (Å²) in [5.74, 6) is 0.965. The number of pyridine rings is 2. The zero-order valence-corrected chi connectivity index (χ0v) is 17.7. The highest BCUT2D eigenvalue weighted by atomic mass is 19.4. The third kappa shape index (κ3) is 4.02. The summed E-state index contributed by atoms with van der Waals surface area (Å²) in [4.78, 5) is 16.5. The first-order valence-electron chi connectivity index (χ1n) is 9.87. The van der Waals surface area contributed by atoms with Crippen LogP contribution in [0.1, 0.15) is 11.1 Å². The van der Waals surface area contributed by atoms with Crippen molar-refractivity contribution in [2.24, 2.45) is 0 Å². The Morgan fingerprint density at radius 3 is 2.44 bits per heavy atom. The number of benzene rings is 1. The van der Waals surface area contributed by atoms with E-state index in [2.05, 4.69) is 9.72 Å². The molecule has 1 aliphatic heterocycles. The van der Waals surface area contributed by atoms with E-state index in [0.717, 1.165) is 27.9 Å². The van der Waals surface area contributed by atoms with Crippen LogP contribution in [0.25, 0.3) is 22.4 Å². The van der Waals surface area contributed by atoms with Gasteiger partial charge in [0.05, 0.1) is 19.9 Å². The molecule has 0 saturated heterocycles. The molecule has 0 amide bonds. The van der Waals surface area contributed by atoms with Crippen LogP contribution in [0.15, 0.2) is 41.3 Å². The fourth-order valence-corrected chi connectivity index (χ4v) is 3.97. The van der Waals surface area contributed by atoms with Crippen LogP contribution >= 0.6 is 0 Å². The fraction of sp³-hybridized carbons (Fsp3) is 0.304. The van der Waals surface area contributed by atoms with E-state index < -0.39 is 12.8 Å². The van der Waals surface area contributed by atoms with Crippen molar-refractivity contribution in [3.8, 4) is 39.8 Å². The molecule has 0 fully saturated rings. The fourth-order valence-electron chi connectivity index (χ4n) is 3.97. The highest BCUT2D eigenvalue weighted by molar-refractivity contribution is 5.80. The molecule has 0 spiro atoms. The Morgan fingerprint density at radius 1 is 1.06 bits per heavy atom. The number of hydrogen-bond acceptors (Lipinski definition) is 5. The van der Waals surface area contributed by atoms with Gasteiger partial charge in [-0.2, -0.15) is 13.2 Å². The third-order valence-corrected chi connectivity index (χ3v) is 5.45. The van der Waals surface area contributed by atoms with Gasteiger partial charge in [-0.25, -0.2) is 4.98 Å². The summed E-state index contributed by atoms with van der Waals surface area (Å²) < 4.78 is 54.4. The Balaban J connectivity index is 1.76. The van der Waals surface area contributed by atoms with Crippen LogP contribution in [-0.4, -0.2) is 36.6 Å². The topological polar surface area (TPSA) is 62.6 Å². The molecule has 168 valence electrons. The molecule has 2 aromatic heterocycles. The predicted octanol–water partition coefficient (Wildman–Crippen LogP) is 4.40. The molecule has 0 atom stereocenters. The first-order chi connectivity index (χ1) is 15.2. The lowest BCUT2D eigenvalue weighted by Gasteiger charge is -2.26. The maximum Gasteiger partial charge on any atom is 0.422 e. The molecule has 1 aromatic carbocycles. The van der Waals surface area contributed by atoms with Crippen molar-refractivity contribution in [3.63, 3.8) is 0 Å². The van der Waals surface area contributed by atoms with E-state index in [1.807, 2.05) is 19.1 Å². The molecule has 4 rings (SSSR count). The number of methoxy groups -OCH3 is 2. The Bertz CT molecular complexity index is 1220. The van der Waals surface area contributed by atoms with Crippen LogP contribution in [0.4, 0.5) is 13.2 Å². The van der Waals surface area contributed by atoms with Crippen molar-refractivity contribution in [2.45, 2.75) is 26.1 Å². The van der Waals surface area contributed by atoms with Crippen molar-refractivity contribution >= 4 is 0 Å². The van der Waals surface area contributed by atoms with Crippen molar-refractivity contribution in [1.29, 1.82) is 0 Å². The van der Waals surface area contributed by atoms with Crippen LogP contribution in [-0.2, 0) is 13.0 Å². The Labute approximate surface area is 182 Å². The van der Waals surface area contributed by atoms with Crippen LogP contribution in [0.3, 0.4) is 0 Å². The molecule has 0 radical (unpaired) electrons. The number of aromatic nitrogens is 2. The van der Waals surface area contributed by atoms with Crippen molar-refractivity contribution < 1.29 is 27.4 Å². The molecule has 0 saturated carbocycles. The van der Waals surface area contributed by atoms with Gasteiger partial charge in [-0.3, -0.25) is 4.79 Å². The number of fused-ring (bicyclic) bond motifs is 3. The van der Waals surface area contributed by atoms with E-state index in [4.69, 9.17) is 9.47 Å². The number of hydrogen-bond donors (Lipinski definition) is 0. The molecule has 0 aliphatic carbocycles. The average molecular weight is 446 g/mol. The molecule has 32 heavy (non-hydrogen) atoms. The van der Waals surface area contributed by atoms with Crippen molar-refractivity contribution in [2.75, 3.05) is 20.8 Å². The summed E-state index contributed by atoms with van der Waals surface area (Å²) in [5, 5.41) is 0. The van der Waals surface area contributed by atoms with Gasteiger partial charge in [0.25, 0.3) is 5.56 Å². The van der Waals surface area contributed by atoms with Crippen molar-refractivity contribution in [3.05, 3.63) is 58.0 Å². The van der Waals surface area contributed by atoms with Gasteiger partial charge in [-0.1, -0.05) is 0 Å². The number of alkyl halides is 3. The molecule has 9 heteroatoms. The van der Waals surface area contributed by atoms with Gasteiger partial charge in [0.2, 0.25) is 5.88 Å². The highest BCUT2D eigenvalue weighted by Crippen LogP contribution is 2.41. The normalized spacial score (nSPS) is 12.7. The summed E-state index contributed by atoms with van der Waals surface area (Å²) in [6.07, 6.45) is -2.34. The van der Waals surface area contributed by atoms with Crippen LogP contribution in [0.2, 0.25) is 0 Å². The zero-order chi connectivity index (χ0) is 23.0. The SMILES string of the molecule is COc1cc2c(cc1-c1ccc(OCC(F)(F)F)nc1)CCn1c-2c(C)c(OC)cc1=O.